The van der Waals surface area contributed by atoms with Gasteiger partial charge in [0.05, 0.1) is 5.69 Å². The predicted octanol–water partition coefficient (Wildman–Crippen LogP) is 1.58. The highest BCUT2D eigenvalue weighted by Crippen LogP contribution is 2.25. The minimum Gasteiger partial charge on any atom is -0.397 e. The fourth-order valence-electron chi connectivity index (χ4n) is 1.61. The summed E-state index contributed by atoms with van der Waals surface area (Å²) in [5, 5.41) is 0. The number of hydrogen-bond acceptors (Lipinski definition) is 3. The molecule has 0 radical (unpaired) electrons. The molecule has 0 bridgehead atoms. The highest BCUT2D eigenvalue weighted by molar-refractivity contribution is 7.89. The van der Waals surface area contributed by atoms with Crippen molar-refractivity contribution in [3.8, 4) is 11.8 Å². The van der Waals surface area contributed by atoms with Gasteiger partial charge in [0.25, 0.3) is 0 Å². The first-order valence-electron chi connectivity index (χ1n) is 5.65. The van der Waals surface area contributed by atoms with Gasteiger partial charge in [-0.25, -0.2) is 13.1 Å². The van der Waals surface area contributed by atoms with Gasteiger partial charge in [0, 0.05) is 13.0 Å². The van der Waals surface area contributed by atoms with Gasteiger partial charge in [-0.05, 0) is 31.9 Å². The van der Waals surface area contributed by atoms with E-state index in [0.29, 0.717) is 17.7 Å². The maximum atomic E-state index is 12.1. The molecule has 0 aliphatic rings. The molecule has 3 N–H and O–H groups in total. The van der Waals surface area contributed by atoms with E-state index in [1.165, 1.54) is 0 Å². The Hall–Kier alpha value is -1.51. The van der Waals surface area contributed by atoms with Gasteiger partial charge < -0.3 is 5.73 Å². The van der Waals surface area contributed by atoms with Gasteiger partial charge in [0.15, 0.2) is 0 Å². The van der Waals surface area contributed by atoms with Crippen LogP contribution in [0.2, 0.25) is 0 Å². The highest BCUT2D eigenvalue weighted by atomic mass is 32.2. The number of rotatable bonds is 4. The summed E-state index contributed by atoms with van der Waals surface area (Å²) in [7, 11) is -3.57. The number of nitrogens with two attached hydrogens (primary N) is 1. The summed E-state index contributed by atoms with van der Waals surface area (Å²) in [6, 6.07) is 3.57. The zero-order chi connectivity index (χ0) is 13.8. The van der Waals surface area contributed by atoms with Crippen molar-refractivity contribution in [3.05, 3.63) is 23.3 Å². The van der Waals surface area contributed by atoms with Crippen LogP contribution in [0.5, 0.6) is 0 Å². The van der Waals surface area contributed by atoms with Crippen molar-refractivity contribution in [2.75, 3.05) is 12.3 Å². The molecule has 0 atom stereocenters. The lowest BCUT2D eigenvalue weighted by atomic mass is 10.1. The Morgan fingerprint density at radius 2 is 1.89 bits per heavy atom. The molecule has 0 heterocycles. The van der Waals surface area contributed by atoms with Crippen LogP contribution >= 0.6 is 0 Å². The lowest BCUT2D eigenvalue weighted by Crippen LogP contribution is -2.26. The van der Waals surface area contributed by atoms with E-state index in [-0.39, 0.29) is 11.4 Å². The van der Waals surface area contributed by atoms with Crippen molar-refractivity contribution in [2.24, 2.45) is 0 Å². The molecule has 5 heteroatoms. The Balaban J connectivity index is 3.04. The number of benzene rings is 1. The second-order valence-electron chi connectivity index (χ2n) is 4.02. The Morgan fingerprint density at radius 1 is 1.28 bits per heavy atom. The Bertz CT molecular complexity index is 595. The van der Waals surface area contributed by atoms with E-state index >= 15 is 0 Å². The summed E-state index contributed by atoms with van der Waals surface area (Å²) in [5.74, 6) is 5.52. The van der Waals surface area contributed by atoms with Gasteiger partial charge in [-0.15, -0.1) is 11.8 Å². The van der Waals surface area contributed by atoms with Gasteiger partial charge in [-0.2, -0.15) is 0 Å². The first kappa shape index (κ1) is 14.6. The average molecular weight is 266 g/mol. The molecule has 98 valence electrons. The molecule has 0 aromatic heterocycles. The number of sulfonamides is 1. The molecule has 1 rings (SSSR count). The maximum absolute atomic E-state index is 12.1. The van der Waals surface area contributed by atoms with Gasteiger partial charge in [-0.1, -0.05) is 12.1 Å². The van der Waals surface area contributed by atoms with Crippen LogP contribution in [-0.4, -0.2) is 15.0 Å². The fourth-order valence-corrected chi connectivity index (χ4v) is 3.07. The standard InChI is InChI=1S/C13H18N2O2S/c1-4-5-6-9-15-18(16,17)13-11(3)8-7-10(2)12(13)14/h7-8,15H,6,9,14H2,1-3H3. The van der Waals surface area contributed by atoms with Crippen LogP contribution in [0, 0.1) is 25.7 Å². The quantitative estimate of drug-likeness (QED) is 0.494. The number of hydrogen-bond donors (Lipinski definition) is 2. The molecule has 0 saturated carbocycles. The third-order valence-electron chi connectivity index (χ3n) is 2.60. The molecule has 1 aromatic rings. The molecule has 0 amide bonds. The first-order chi connectivity index (χ1) is 8.40. The summed E-state index contributed by atoms with van der Waals surface area (Å²) < 4.78 is 26.8. The largest absolute Gasteiger partial charge is 0.397 e. The molecule has 1 aromatic carbocycles. The monoisotopic (exact) mass is 266 g/mol. The second-order valence-corrected chi connectivity index (χ2v) is 5.72. The first-order valence-corrected chi connectivity index (χ1v) is 7.13. The van der Waals surface area contributed by atoms with E-state index in [1.54, 1.807) is 26.8 Å². The fraction of sp³-hybridized carbons (Fsp3) is 0.385. The third-order valence-corrected chi connectivity index (χ3v) is 4.26. The van der Waals surface area contributed by atoms with Crippen molar-refractivity contribution in [1.29, 1.82) is 0 Å². The van der Waals surface area contributed by atoms with Crippen molar-refractivity contribution in [3.63, 3.8) is 0 Å². The van der Waals surface area contributed by atoms with Crippen molar-refractivity contribution in [2.45, 2.75) is 32.1 Å². The Kier molecular flexibility index (Phi) is 4.76. The zero-order valence-corrected chi connectivity index (χ0v) is 11.7. The van der Waals surface area contributed by atoms with Crippen LogP contribution in [0.25, 0.3) is 0 Å². The van der Waals surface area contributed by atoms with Crippen LogP contribution in [0.15, 0.2) is 17.0 Å². The number of nitrogen functional groups attached to an aromatic ring is 1. The van der Waals surface area contributed by atoms with E-state index in [9.17, 15) is 8.42 Å². The SMILES string of the molecule is CC#CCCNS(=O)(=O)c1c(C)ccc(C)c1N. The molecule has 0 aliphatic heterocycles. The van der Waals surface area contributed by atoms with Crippen LogP contribution < -0.4 is 10.5 Å². The molecule has 0 saturated heterocycles. The van der Waals surface area contributed by atoms with Crippen molar-refractivity contribution in [1.82, 2.24) is 4.72 Å². The smallest absolute Gasteiger partial charge is 0.242 e. The van der Waals surface area contributed by atoms with Gasteiger partial charge in [0.1, 0.15) is 4.90 Å². The molecule has 18 heavy (non-hydrogen) atoms. The number of anilines is 1. The summed E-state index contributed by atoms with van der Waals surface area (Å²) in [6.07, 6.45) is 0.487. The second kappa shape index (κ2) is 5.89. The third kappa shape index (κ3) is 3.25. The summed E-state index contributed by atoms with van der Waals surface area (Å²) in [4.78, 5) is 0.173. The van der Waals surface area contributed by atoms with Crippen molar-refractivity contribution >= 4 is 15.7 Å². The summed E-state index contributed by atoms with van der Waals surface area (Å²) >= 11 is 0. The van der Waals surface area contributed by atoms with E-state index in [2.05, 4.69) is 16.6 Å². The average Bonchev–Trinajstić information content (AvgIpc) is 2.30. The van der Waals surface area contributed by atoms with Gasteiger partial charge in [0.2, 0.25) is 10.0 Å². The van der Waals surface area contributed by atoms with Crippen LogP contribution in [0.4, 0.5) is 5.69 Å². The van der Waals surface area contributed by atoms with Crippen LogP contribution in [-0.2, 0) is 10.0 Å². The molecule has 0 aliphatic carbocycles. The minimum atomic E-state index is -3.57. The maximum Gasteiger partial charge on any atom is 0.242 e. The van der Waals surface area contributed by atoms with E-state index in [0.717, 1.165) is 5.56 Å². The zero-order valence-electron chi connectivity index (χ0n) is 10.9. The van der Waals surface area contributed by atoms with Crippen molar-refractivity contribution < 1.29 is 8.42 Å². The van der Waals surface area contributed by atoms with E-state index in [4.69, 9.17) is 5.73 Å². The topological polar surface area (TPSA) is 72.2 Å². The number of aryl methyl sites for hydroxylation is 2. The molecular weight excluding hydrogens is 248 g/mol. The minimum absolute atomic E-state index is 0.173. The predicted molar refractivity (Wildman–Crippen MR) is 73.6 cm³/mol. The summed E-state index contributed by atoms with van der Waals surface area (Å²) in [6.45, 7) is 5.53. The molecule has 0 spiro atoms. The number of nitrogens with one attached hydrogen (secondary N) is 1. The Labute approximate surface area is 109 Å². The molecular formula is C13H18N2O2S. The normalized spacial score (nSPS) is 10.8. The molecule has 0 fully saturated rings. The highest BCUT2D eigenvalue weighted by Gasteiger charge is 2.20. The van der Waals surface area contributed by atoms with Gasteiger partial charge >= 0.3 is 0 Å². The molecule has 0 unspecified atom stereocenters. The van der Waals surface area contributed by atoms with E-state index < -0.39 is 10.0 Å². The Morgan fingerprint density at radius 3 is 2.50 bits per heavy atom. The van der Waals surface area contributed by atoms with Gasteiger partial charge in [-0.3, -0.25) is 0 Å². The lowest BCUT2D eigenvalue weighted by Gasteiger charge is -2.12. The lowest BCUT2D eigenvalue weighted by molar-refractivity contribution is 0.582. The van der Waals surface area contributed by atoms with Crippen LogP contribution in [0.1, 0.15) is 24.5 Å². The van der Waals surface area contributed by atoms with Crippen LogP contribution in [0.3, 0.4) is 0 Å². The molecule has 4 nitrogen and oxygen atoms in total. The summed E-state index contributed by atoms with van der Waals surface area (Å²) in [5.41, 5.74) is 7.57. The van der Waals surface area contributed by atoms with E-state index in [1.807, 2.05) is 6.07 Å².